The number of imide groups is 1. The number of nitro groups is 1. The number of hydrogen-bond donors (Lipinski definition) is 4. The molecule has 6 rings (SSSR count). The van der Waals surface area contributed by atoms with Gasteiger partial charge >= 0.3 is 6.09 Å². The molecule has 0 aromatic heterocycles. The molecule has 1 saturated heterocycles. The molecule has 24 nitrogen and oxygen atoms in total. The summed E-state index contributed by atoms with van der Waals surface area (Å²) in [6, 6.07) is 16.8. The largest absolute Gasteiger partial charge is 0.487 e. The number of Topliss-reactive ketones (excluding diaryl/α,β-unsaturated/α-hetero) is 1. The van der Waals surface area contributed by atoms with Crippen LogP contribution in [0.5, 0.6) is 5.75 Å². The molecule has 24 heteroatoms. The molecule has 8 amide bonds. The summed E-state index contributed by atoms with van der Waals surface area (Å²) in [7, 11) is 6.15. The quantitative estimate of drug-likeness (QED) is 0.0255. The van der Waals surface area contributed by atoms with E-state index in [1.54, 1.807) is 68.8 Å². The van der Waals surface area contributed by atoms with Gasteiger partial charge in [-0.1, -0.05) is 91.3 Å². The Morgan fingerprint density at radius 2 is 1.43 bits per heavy atom. The standard InChI is InChI=1S/C69H96N8O16/c1-13-43(6)63(57(90-11)36-61(82)75-33-17-20-54(75)65(91-12)44(7)66(84)71-45(8)64(83)49-18-15-14-16-19-49)73(9)68(86)52(41(2)3)35-55(78)62(42(4)5)74(10)69(87)93-40-48-25-30-56(92-39-47-23-28-51(29-24-47)77(88)89)53(34-48)72-58(79)37-70-67(85)50-26-21-46(22-27-50)38-76-59(80)31-32-60(76)81/h14-16,18-19,23-25,28-32,34,41-46,50,52,54,57,62-65,83H,13,17,20-22,26-27,33,35-40H2,1-12H3,(H,70,85)(H,71,84)(H,72,79)/t43-,44+,45+,46?,50?,52-,54-,57+,62-,63-,64+,65+/m0/s1. The van der Waals surface area contributed by atoms with Crippen LogP contribution < -0.4 is 20.7 Å². The zero-order chi connectivity index (χ0) is 68.4. The van der Waals surface area contributed by atoms with E-state index in [1.807, 2.05) is 45.9 Å². The van der Waals surface area contributed by atoms with Gasteiger partial charge in [0.1, 0.15) is 19.0 Å². The molecule has 0 bridgehead atoms. The molecule has 1 aliphatic carbocycles. The van der Waals surface area contributed by atoms with Gasteiger partial charge in [0, 0.05) is 83.9 Å². The van der Waals surface area contributed by atoms with Gasteiger partial charge in [-0.3, -0.25) is 53.4 Å². The topological polar surface area (TPSA) is 303 Å². The number of ketones is 1. The molecule has 508 valence electrons. The lowest BCUT2D eigenvalue weighted by molar-refractivity contribution is -0.384. The van der Waals surface area contributed by atoms with Crippen LogP contribution in [0.3, 0.4) is 0 Å². The van der Waals surface area contributed by atoms with Gasteiger partial charge in [-0.05, 0) is 110 Å². The highest BCUT2D eigenvalue weighted by Gasteiger charge is 2.44. The Kier molecular flexibility index (Phi) is 27.6. The summed E-state index contributed by atoms with van der Waals surface area (Å²) in [5.74, 6) is -5.43. The predicted octanol–water partition coefficient (Wildman–Crippen LogP) is 7.94. The number of carbonyl (C=O) groups excluding carboxylic acids is 9. The van der Waals surface area contributed by atoms with Crippen molar-refractivity contribution >= 4 is 64.6 Å². The Hall–Kier alpha value is -8.09. The molecule has 3 aromatic carbocycles. The van der Waals surface area contributed by atoms with Crippen molar-refractivity contribution in [3.05, 3.63) is 112 Å². The van der Waals surface area contributed by atoms with Gasteiger partial charge in [0.2, 0.25) is 29.5 Å². The van der Waals surface area contributed by atoms with E-state index in [9.17, 15) is 58.4 Å². The smallest absolute Gasteiger partial charge is 0.410 e. The molecule has 3 aliphatic rings. The second-order valence-corrected chi connectivity index (χ2v) is 25.8. The molecule has 4 N–H and O–H groups in total. The Balaban J connectivity index is 1.09. The van der Waals surface area contributed by atoms with Gasteiger partial charge < -0.3 is 54.7 Å². The number of benzene rings is 3. The van der Waals surface area contributed by atoms with Crippen LogP contribution in [0.2, 0.25) is 0 Å². The molecule has 0 unspecified atom stereocenters. The molecule has 93 heavy (non-hydrogen) atoms. The Morgan fingerprint density at radius 1 is 0.785 bits per heavy atom. The van der Waals surface area contributed by atoms with Gasteiger partial charge in [0.15, 0.2) is 5.78 Å². The summed E-state index contributed by atoms with van der Waals surface area (Å²) >= 11 is 0. The minimum absolute atomic E-state index is 0.0441. The summed E-state index contributed by atoms with van der Waals surface area (Å²) < 4.78 is 24.0. The maximum absolute atomic E-state index is 14.9. The maximum atomic E-state index is 14.9. The van der Waals surface area contributed by atoms with Crippen molar-refractivity contribution in [2.24, 2.45) is 41.4 Å². The zero-order valence-electron chi connectivity index (χ0n) is 55.9. The number of likely N-dealkylation sites (tertiary alicyclic amines) is 1. The molecular weight excluding hydrogens is 1200 g/mol. The Morgan fingerprint density at radius 3 is 2.02 bits per heavy atom. The van der Waals surface area contributed by atoms with E-state index in [0.717, 1.165) is 0 Å². The van der Waals surface area contributed by atoms with Crippen molar-refractivity contribution < 1.29 is 72.1 Å². The first-order valence-corrected chi connectivity index (χ1v) is 32.4. The first kappa shape index (κ1) is 74.0. The van der Waals surface area contributed by atoms with Crippen LogP contribution in [0.4, 0.5) is 16.2 Å². The van der Waals surface area contributed by atoms with Crippen molar-refractivity contribution in [1.82, 2.24) is 30.2 Å². The second-order valence-electron chi connectivity index (χ2n) is 25.8. The number of nitrogens with zero attached hydrogens (tertiary/aromatic N) is 5. The molecule has 3 aromatic rings. The fourth-order valence-electron chi connectivity index (χ4n) is 13.0. The number of aliphatic hydroxyl groups excluding tert-OH is 1. The molecule has 2 fully saturated rings. The molecule has 0 radical (unpaired) electrons. The normalized spacial score (nSPS) is 19.4. The Labute approximate surface area is 545 Å². The van der Waals surface area contributed by atoms with E-state index in [-0.39, 0.29) is 115 Å². The lowest BCUT2D eigenvalue weighted by Gasteiger charge is -2.41. The van der Waals surface area contributed by atoms with E-state index in [1.165, 1.54) is 73.6 Å². The SMILES string of the molecule is CC[C@H](C)[C@@H]([C@@H](CC(=O)N1CCC[C@H]1[C@H](OC)[C@@H](C)C(=O)N[C@H](C)[C@@H](O)c1ccccc1)OC)N(C)C(=O)[C@@H](CC(=O)[C@H](C(C)C)N(C)C(=O)OCc1ccc(OCc2ccc([N+](=O)[O-])cc2)c(NC(=O)CNC(=O)C2CCC(CN3C(=O)C=CC3=O)CC2)c1)C(C)C. The van der Waals surface area contributed by atoms with Gasteiger partial charge in [-0.25, -0.2) is 4.79 Å². The number of ether oxygens (including phenoxy) is 4. The number of amides is 8. The number of nitrogens with one attached hydrogen (secondary N) is 3. The first-order chi connectivity index (χ1) is 44.2. The molecule has 0 spiro atoms. The lowest BCUT2D eigenvalue weighted by atomic mass is 9.81. The second kappa shape index (κ2) is 34.7. The van der Waals surface area contributed by atoms with Crippen LogP contribution in [0.1, 0.15) is 136 Å². The van der Waals surface area contributed by atoms with Gasteiger partial charge in [-0.15, -0.1) is 0 Å². The molecule has 10 atom stereocenters. The van der Waals surface area contributed by atoms with Gasteiger partial charge in [-0.2, -0.15) is 0 Å². The molecule has 1 saturated carbocycles. The summed E-state index contributed by atoms with van der Waals surface area (Å²) in [6.07, 6.45) is 3.14. The van der Waals surface area contributed by atoms with Crippen molar-refractivity contribution in [3.8, 4) is 5.75 Å². The molecule has 2 aliphatic heterocycles. The lowest BCUT2D eigenvalue weighted by Crippen LogP contribution is -2.55. The maximum Gasteiger partial charge on any atom is 0.410 e. The summed E-state index contributed by atoms with van der Waals surface area (Å²) in [5, 5.41) is 30.7. The first-order valence-electron chi connectivity index (χ1n) is 32.4. The van der Waals surface area contributed by atoms with E-state index < -0.39 is 83.7 Å². The van der Waals surface area contributed by atoms with E-state index in [0.29, 0.717) is 68.2 Å². The third-order valence-electron chi connectivity index (χ3n) is 18.7. The number of nitro benzene ring substituents is 1. The van der Waals surface area contributed by atoms with Crippen LogP contribution in [0.15, 0.2) is 84.9 Å². The fourth-order valence-corrected chi connectivity index (χ4v) is 13.0. The molecular formula is C69H96N8O16. The summed E-state index contributed by atoms with van der Waals surface area (Å²) in [4.78, 5) is 139. The number of carbonyl (C=O) groups is 9. The van der Waals surface area contributed by atoms with Crippen LogP contribution in [0, 0.1) is 51.5 Å². The van der Waals surface area contributed by atoms with Gasteiger partial charge in [0.05, 0.1) is 72.0 Å². The minimum Gasteiger partial charge on any atom is -0.487 e. The van der Waals surface area contributed by atoms with Crippen molar-refractivity contribution in [2.75, 3.05) is 53.3 Å². The van der Waals surface area contributed by atoms with Crippen LogP contribution in [0.25, 0.3) is 0 Å². The number of aliphatic hydroxyl groups is 1. The van der Waals surface area contributed by atoms with Crippen LogP contribution in [-0.4, -0.2) is 167 Å². The highest BCUT2D eigenvalue weighted by atomic mass is 16.6. The van der Waals surface area contributed by atoms with Crippen molar-refractivity contribution in [2.45, 2.75) is 169 Å². The van der Waals surface area contributed by atoms with Crippen LogP contribution in [-0.2, 0) is 65.8 Å². The van der Waals surface area contributed by atoms with Crippen molar-refractivity contribution in [1.29, 1.82) is 0 Å². The summed E-state index contributed by atoms with van der Waals surface area (Å²) in [6.45, 7) is 14.7. The number of hydrogen-bond acceptors (Lipinski definition) is 16. The highest BCUT2D eigenvalue weighted by molar-refractivity contribution is 6.12. The average molecular weight is 1290 g/mol. The zero-order valence-corrected chi connectivity index (χ0v) is 55.9. The van der Waals surface area contributed by atoms with E-state index >= 15 is 0 Å². The third kappa shape index (κ3) is 19.7. The third-order valence-corrected chi connectivity index (χ3v) is 18.7. The van der Waals surface area contributed by atoms with Gasteiger partial charge in [0.25, 0.3) is 17.5 Å². The number of methoxy groups -OCH3 is 2. The number of anilines is 1. The number of non-ortho nitro benzene ring substituents is 1. The summed E-state index contributed by atoms with van der Waals surface area (Å²) in [5.41, 5.74) is 1.73. The van der Waals surface area contributed by atoms with Crippen LogP contribution >= 0.6 is 0 Å². The number of likely N-dealkylation sites (N-methyl/N-ethyl adjacent to an activating group) is 2. The fraction of sp³-hybridized carbons (Fsp3) is 0.580. The average Bonchev–Trinajstić information content (AvgIpc) is 1.88. The highest BCUT2D eigenvalue weighted by Crippen LogP contribution is 2.34. The monoisotopic (exact) mass is 1290 g/mol. The number of rotatable bonds is 33. The van der Waals surface area contributed by atoms with E-state index in [4.69, 9.17) is 18.9 Å². The molecule has 2 heterocycles. The predicted molar refractivity (Wildman–Crippen MR) is 346 cm³/mol. The van der Waals surface area contributed by atoms with E-state index in [2.05, 4.69) is 16.0 Å². The minimum atomic E-state index is -1.02. The Bertz CT molecular complexity index is 3100. The van der Waals surface area contributed by atoms with Crippen molar-refractivity contribution in [3.63, 3.8) is 0 Å².